The lowest BCUT2D eigenvalue weighted by molar-refractivity contribution is -0.197. The molecule has 4 atom stereocenters. The van der Waals surface area contributed by atoms with E-state index >= 15 is 0 Å². The van der Waals surface area contributed by atoms with Gasteiger partial charge in [-0.2, -0.15) is 20.2 Å². The Morgan fingerprint density at radius 1 is 1.09 bits per heavy atom. The molecule has 3 aliphatic rings. The van der Waals surface area contributed by atoms with Gasteiger partial charge in [-0.3, -0.25) is 18.9 Å². The van der Waals surface area contributed by atoms with Gasteiger partial charge >= 0.3 is 12.0 Å². The van der Waals surface area contributed by atoms with Crippen molar-refractivity contribution in [3.8, 4) is 0 Å². The average Bonchev–Trinajstić information content (AvgIpc) is 3.41. The molecule has 0 aromatic heterocycles. The van der Waals surface area contributed by atoms with Crippen molar-refractivity contribution in [1.82, 2.24) is 21.0 Å². The maximum absolute atomic E-state index is 12.0. The molecule has 3 heterocycles. The fourth-order valence-electron chi connectivity index (χ4n) is 4.22. The second-order valence-electron chi connectivity index (χ2n) is 8.73. The van der Waals surface area contributed by atoms with E-state index in [-0.39, 0.29) is 35.5 Å². The molecule has 0 spiro atoms. The first-order valence-corrected chi connectivity index (χ1v) is 14.1. The number of imide groups is 1. The number of hydrogen-bond acceptors (Lipinski definition) is 9. The highest BCUT2D eigenvalue weighted by Gasteiger charge is 2.48. The molecule has 3 aliphatic heterocycles. The van der Waals surface area contributed by atoms with Gasteiger partial charge in [-0.15, -0.1) is 5.06 Å². The Hall–Kier alpha value is -2.39. The third-order valence-electron chi connectivity index (χ3n) is 6.08. The number of thioether (sulfide) groups is 1. The minimum Gasteiger partial charge on any atom is -0.356 e. The molecule has 15 heteroatoms. The SMILES string of the molecule is O=C(CCCC[C@H]1SC[C@@H]2NC(=O)N[C@H]21)NCCCCCC(=O)ON1C(=O)C[C@H](S(=O)(=O)O)C1=O. The summed E-state index contributed by atoms with van der Waals surface area (Å²) in [7, 11) is -4.76. The highest BCUT2D eigenvalue weighted by molar-refractivity contribution is 8.00. The van der Waals surface area contributed by atoms with Crippen molar-refractivity contribution >= 4 is 51.6 Å². The number of nitrogens with zero attached hydrogens (tertiary/aromatic N) is 1. The topological polar surface area (TPSA) is 188 Å². The summed E-state index contributed by atoms with van der Waals surface area (Å²) in [6, 6.07) is 0.265. The van der Waals surface area contributed by atoms with Crippen molar-refractivity contribution in [3.63, 3.8) is 0 Å². The number of carbonyl (C=O) groups is 5. The van der Waals surface area contributed by atoms with E-state index in [1.165, 1.54) is 0 Å². The standard InChI is InChI=1S/C20H30N4O9S2/c25-15(7-4-3-6-13-18-12(11-34-13)22-20(29)23-18)21-9-5-1-2-8-17(27)33-24-16(26)10-14(19(24)28)35(30,31)32/h12-14,18H,1-11H2,(H,21,25)(H2,22,23,29)(H,30,31,32)/t12-,13+,14-,18+/m0/s1. The van der Waals surface area contributed by atoms with Crippen LogP contribution in [0.25, 0.3) is 0 Å². The Kier molecular flexibility index (Phi) is 9.35. The number of hydroxylamine groups is 2. The summed E-state index contributed by atoms with van der Waals surface area (Å²) in [6.45, 7) is 0.451. The lowest BCUT2D eigenvalue weighted by Gasteiger charge is -2.16. The second-order valence-corrected chi connectivity index (χ2v) is 11.6. The number of fused-ring (bicyclic) bond motifs is 1. The zero-order valence-corrected chi connectivity index (χ0v) is 20.7. The first-order chi connectivity index (χ1) is 16.6. The molecule has 0 saturated carbocycles. The normalized spacial score (nSPS) is 25.9. The molecule has 0 aliphatic carbocycles. The van der Waals surface area contributed by atoms with Gasteiger partial charge in [-0.1, -0.05) is 12.8 Å². The van der Waals surface area contributed by atoms with E-state index < -0.39 is 39.6 Å². The van der Waals surface area contributed by atoms with Crippen molar-refractivity contribution in [2.75, 3.05) is 12.3 Å². The molecule has 0 bridgehead atoms. The molecule has 5 amide bonds. The lowest BCUT2D eigenvalue weighted by Crippen LogP contribution is -2.36. The molecule has 3 rings (SSSR count). The van der Waals surface area contributed by atoms with Gasteiger partial charge in [-0.05, 0) is 25.7 Å². The first-order valence-electron chi connectivity index (χ1n) is 11.6. The third-order valence-corrected chi connectivity index (χ3v) is 8.67. The zero-order valence-electron chi connectivity index (χ0n) is 19.1. The van der Waals surface area contributed by atoms with Crippen LogP contribution in [0.4, 0.5) is 4.79 Å². The Balaban J connectivity index is 1.19. The molecule has 0 aromatic carbocycles. The van der Waals surface area contributed by atoms with E-state index in [9.17, 15) is 32.4 Å². The number of amides is 5. The molecule has 13 nitrogen and oxygen atoms in total. The summed E-state index contributed by atoms with van der Waals surface area (Å²) in [5, 5.41) is 7.20. The van der Waals surface area contributed by atoms with Gasteiger partial charge in [0.2, 0.25) is 5.91 Å². The Labute approximate surface area is 207 Å². The van der Waals surface area contributed by atoms with Gasteiger partial charge in [0.15, 0.2) is 5.25 Å². The van der Waals surface area contributed by atoms with Crippen LogP contribution in [0.3, 0.4) is 0 Å². The maximum atomic E-state index is 12.0. The van der Waals surface area contributed by atoms with Crippen molar-refractivity contribution in [3.05, 3.63) is 0 Å². The highest BCUT2D eigenvalue weighted by atomic mass is 32.2. The Bertz CT molecular complexity index is 958. The Morgan fingerprint density at radius 2 is 1.83 bits per heavy atom. The predicted octanol–water partition coefficient (Wildman–Crippen LogP) is -0.138. The van der Waals surface area contributed by atoms with Crippen LogP contribution in [0, 0.1) is 0 Å². The number of unbranched alkanes of at least 4 members (excludes halogenated alkanes) is 3. The zero-order chi connectivity index (χ0) is 25.6. The number of nitrogens with one attached hydrogen (secondary N) is 3. The van der Waals surface area contributed by atoms with Gasteiger partial charge in [0.1, 0.15) is 0 Å². The molecular weight excluding hydrogens is 504 g/mol. The maximum Gasteiger partial charge on any atom is 0.333 e. The fraction of sp³-hybridized carbons (Fsp3) is 0.750. The van der Waals surface area contributed by atoms with Gasteiger partial charge < -0.3 is 20.8 Å². The summed E-state index contributed by atoms with van der Waals surface area (Å²) < 4.78 is 31.1. The van der Waals surface area contributed by atoms with Crippen molar-refractivity contribution < 1.29 is 41.8 Å². The summed E-state index contributed by atoms with van der Waals surface area (Å²) in [5.41, 5.74) is 0. The monoisotopic (exact) mass is 534 g/mol. The Morgan fingerprint density at radius 3 is 2.54 bits per heavy atom. The van der Waals surface area contributed by atoms with Crippen molar-refractivity contribution in [1.29, 1.82) is 0 Å². The van der Waals surface area contributed by atoms with Crippen LogP contribution in [0.1, 0.15) is 57.8 Å². The number of hydrogen-bond donors (Lipinski definition) is 4. The molecule has 35 heavy (non-hydrogen) atoms. The first kappa shape index (κ1) is 27.2. The largest absolute Gasteiger partial charge is 0.356 e. The van der Waals surface area contributed by atoms with Gasteiger partial charge in [0.05, 0.1) is 18.5 Å². The van der Waals surface area contributed by atoms with Crippen LogP contribution >= 0.6 is 11.8 Å². The van der Waals surface area contributed by atoms with Crippen molar-refractivity contribution in [2.24, 2.45) is 0 Å². The van der Waals surface area contributed by atoms with Crippen LogP contribution in [0.2, 0.25) is 0 Å². The summed E-state index contributed by atoms with van der Waals surface area (Å²) in [4.78, 5) is 63.3. The molecule has 3 fully saturated rings. The molecule has 196 valence electrons. The average molecular weight is 535 g/mol. The highest BCUT2D eigenvalue weighted by Crippen LogP contribution is 2.33. The smallest absolute Gasteiger partial charge is 0.333 e. The van der Waals surface area contributed by atoms with E-state index in [0.717, 1.165) is 25.0 Å². The molecule has 3 saturated heterocycles. The summed E-state index contributed by atoms with van der Waals surface area (Å²) in [5.74, 6) is -2.30. The van der Waals surface area contributed by atoms with Crippen molar-refractivity contribution in [2.45, 2.75) is 80.4 Å². The quantitative estimate of drug-likeness (QED) is 0.107. The summed E-state index contributed by atoms with van der Waals surface area (Å²) in [6.07, 6.45) is 3.76. The molecule has 4 N–H and O–H groups in total. The minimum absolute atomic E-state index is 0.0448. The van der Waals surface area contributed by atoms with E-state index in [0.29, 0.717) is 37.5 Å². The molecule has 0 unspecified atom stereocenters. The predicted molar refractivity (Wildman–Crippen MR) is 123 cm³/mol. The summed E-state index contributed by atoms with van der Waals surface area (Å²) >= 11 is 1.85. The van der Waals surface area contributed by atoms with Gasteiger partial charge in [-0.25, -0.2) is 9.59 Å². The molecule has 0 radical (unpaired) electrons. The van der Waals surface area contributed by atoms with Crippen LogP contribution < -0.4 is 16.0 Å². The molecule has 0 aromatic rings. The van der Waals surface area contributed by atoms with E-state index in [1.54, 1.807) is 0 Å². The lowest BCUT2D eigenvalue weighted by atomic mass is 10.0. The minimum atomic E-state index is -4.76. The molecular formula is C20H30N4O9S2. The second kappa shape index (κ2) is 12.0. The van der Waals surface area contributed by atoms with Crippen LogP contribution in [-0.2, 0) is 34.1 Å². The fourth-order valence-corrected chi connectivity index (χ4v) is 6.47. The number of rotatable bonds is 13. The van der Waals surface area contributed by atoms with E-state index in [2.05, 4.69) is 20.8 Å². The van der Waals surface area contributed by atoms with Crippen LogP contribution in [0.15, 0.2) is 0 Å². The third kappa shape index (κ3) is 7.54. The van der Waals surface area contributed by atoms with E-state index in [1.807, 2.05) is 11.8 Å². The number of urea groups is 1. The van der Waals surface area contributed by atoms with Gasteiger partial charge in [0.25, 0.3) is 21.9 Å². The number of carbonyl (C=O) groups excluding carboxylic acids is 5. The van der Waals surface area contributed by atoms with E-state index in [4.69, 9.17) is 4.55 Å². The van der Waals surface area contributed by atoms with Crippen LogP contribution in [-0.4, -0.2) is 82.6 Å². The van der Waals surface area contributed by atoms with Crippen LogP contribution in [0.5, 0.6) is 0 Å². The van der Waals surface area contributed by atoms with Gasteiger partial charge in [0, 0.05) is 30.4 Å².